The number of carbonyl (C=O) groups is 2. The van der Waals surface area contributed by atoms with E-state index in [4.69, 9.17) is 4.74 Å². The molecular weight excluding hydrogens is 361 g/mol. The molecule has 0 radical (unpaired) electrons. The first-order valence-corrected chi connectivity index (χ1v) is 9.13. The van der Waals surface area contributed by atoms with Gasteiger partial charge >= 0.3 is 6.09 Å². The highest BCUT2D eigenvalue weighted by molar-refractivity contribution is 5.82. The Kier molecular flexibility index (Phi) is 6.26. The third-order valence-electron chi connectivity index (χ3n) is 4.76. The smallest absolute Gasteiger partial charge is 0.429 e. The third-order valence-corrected chi connectivity index (χ3v) is 4.76. The monoisotopic (exact) mass is 385 g/mol. The lowest BCUT2D eigenvalue weighted by Gasteiger charge is -2.27. The van der Waals surface area contributed by atoms with E-state index >= 15 is 0 Å². The lowest BCUT2D eigenvalue weighted by molar-refractivity contribution is -0.141. The van der Waals surface area contributed by atoms with Crippen molar-refractivity contribution < 1.29 is 18.7 Å². The van der Waals surface area contributed by atoms with Crippen LogP contribution in [-0.2, 0) is 22.6 Å². The molecule has 2 aromatic rings. The fraction of sp³-hybridized carbons (Fsp3) is 0.333. The molecule has 1 atom stereocenters. The number of carbonyl (C=O) groups excluding carboxylic acids is 2. The van der Waals surface area contributed by atoms with Crippen molar-refractivity contribution in [2.45, 2.75) is 19.1 Å². The van der Waals surface area contributed by atoms with Crippen LogP contribution in [0.1, 0.15) is 11.1 Å². The molecule has 1 aliphatic heterocycles. The van der Waals surface area contributed by atoms with Gasteiger partial charge in [0.2, 0.25) is 5.91 Å². The van der Waals surface area contributed by atoms with Crippen LogP contribution in [0.5, 0.6) is 0 Å². The SMILES string of the molecule is CN(C)C1CN(C(=O)Cc2ccc(F)cc2)N(C(=O)OCc2ccccc2)C1. The summed E-state index contributed by atoms with van der Waals surface area (Å²) in [4.78, 5) is 27.4. The summed E-state index contributed by atoms with van der Waals surface area (Å²) in [6.45, 7) is 0.909. The largest absolute Gasteiger partial charge is 0.443 e. The Labute approximate surface area is 164 Å². The molecule has 1 fully saturated rings. The quantitative estimate of drug-likeness (QED) is 0.794. The summed E-state index contributed by atoms with van der Waals surface area (Å²) in [7, 11) is 3.82. The molecule has 1 heterocycles. The minimum absolute atomic E-state index is 0.0152. The number of hydrogen-bond acceptors (Lipinski definition) is 4. The summed E-state index contributed by atoms with van der Waals surface area (Å²) in [5.74, 6) is -0.580. The lowest BCUT2D eigenvalue weighted by atomic mass is 10.1. The second-order valence-corrected chi connectivity index (χ2v) is 7.02. The average molecular weight is 385 g/mol. The molecule has 28 heavy (non-hydrogen) atoms. The van der Waals surface area contributed by atoms with Crippen molar-refractivity contribution in [1.82, 2.24) is 14.9 Å². The van der Waals surface area contributed by atoms with Crippen LogP contribution in [0.4, 0.5) is 9.18 Å². The number of halogens is 1. The van der Waals surface area contributed by atoms with E-state index in [0.717, 1.165) is 5.56 Å². The van der Waals surface area contributed by atoms with Gasteiger partial charge in [0.25, 0.3) is 0 Å². The van der Waals surface area contributed by atoms with Crippen LogP contribution in [0.25, 0.3) is 0 Å². The van der Waals surface area contributed by atoms with Crippen LogP contribution in [0.2, 0.25) is 0 Å². The van der Waals surface area contributed by atoms with Gasteiger partial charge in [-0.3, -0.25) is 4.79 Å². The van der Waals surface area contributed by atoms with E-state index in [0.29, 0.717) is 18.7 Å². The Morgan fingerprint density at radius 1 is 1.00 bits per heavy atom. The molecule has 0 N–H and O–H groups in total. The molecule has 148 valence electrons. The zero-order valence-electron chi connectivity index (χ0n) is 16.0. The van der Waals surface area contributed by atoms with Crippen molar-refractivity contribution in [3.63, 3.8) is 0 Å². The van der Waals surface area contributed by atoms with Gasteiger partial charge in [0.1, 0.15) is 12.4 Å². The number of nitrogens with zero attached hydrogens (tertiary/aromatic N) is 3. The van der Waals surface area contributed by atoms with Gasteiger partial charge in [-0.1, -0.05) is 42.5 Å². The van der Waals surface area contributed by atoms with E-state index in [-0.39, 0.29) is 30.8 Å². The molecule has 1 unspecified atom stereocenters. The first kappa shape index (κ1) is 19.8. The van der Waals surface area contributed by atoms with E-state index in [1.807, 2.05) is 49.3 Å². The minimum Gasteiger partial charge on any atom is -0.443 e. The van der Waals surface area contributed by atoms with Gasteiger partial charge in [0.15, 0.2) is 0 Å². The molecule has 7 heteroatoms. The number of amides is 2. The van der Waals surface area contributed by atoms with Gasteiger partial charge < -0.3 is 9.64 Å². The molecule has 0 spiro atoms. The zero-order valence-corrected chi connectivity index (χ0v) is 16.0. The van der Waals surface area contributed by atoms with E-state index < -0.39 is 6.09 Å². The summed E-state index contributed by atoms with van der Waals surface area (Å²) in [6.07, 6.45) is -0.469. The zero-order chi connectivity index (χ0) is 20.1. The second kappa shape index (κ2) is 8.84. The lowest BCUT2D eigenvalue weighted by Crippen LogP contribution is -2.45. The van der Waals surface area contributed by atoms with E-state index in [9.17, 15) is 14.0 Å². The van der Waals surface area contributed by atoms with Crippen LogP contribution < -0.4 is 0 Å². The molecule has 0 bridgehead atoms. The predicted molar refractivity (Wildman–Crippen MR) is 103 cm³/mol. The van der Waals surface area contributed by atoms with Crippen LogP contribution in [0.3, 0.4) is 0 Å². The topological polar surface area (TPSA) is 53.1 Å². The van der Waals surface area contributed by atoms with Gasteiger partial charge in [0, 0.05) is 6.04 Å². The average Bonchev–Trinajstić information content (AvgIpc) is 3.15. The highest BCUT2D eigenvalue weighted by Crippen LogP contribution is 2.18. The van der Waals surface area contributed by atoms with Gasteiger partial charge in [-0.2, -0.15) is 0 Å². The third kappa shape index (κ3) is 4.86. The molecule has 2 amide bonds. The maximum atomic E-state index is 13.1. The summed E-state index contributed by atoms with van der Waals surface area (Å²) in [5.41, 5.74) is 1.57. The number of benzene rings is 2. The maximum absolute atomic E-state index is 13.1. The molecular formula is C21H24FN3O3. The maximum Gasteiger partial charge on any atom is 0.429 e. The van der Waals surface area contributed by atoms with Crippen LogP contribution in [0.15, 0.2) is 54.6 Å². The molecule has 0 aromatic heterocycles. The molecule has 1 aliphatic rings. The normalized spacial score (nSPS) is 16.5. The van der Waals surface area contributed by atoms with Gasteiger partial charge in [0.05, 0.1) is 19.5 Å². The first-order valence-electron chi connectivity index (χ1n) is 9.13. The van der Waals surface area contributed by atoms with Crippen LogP contribution in [0, 0.1) is 5.82 Å². The first-order chi connectivity index (χ1) is 13.4. The fourth-order valence-corrected chi connectivity index (χ4v) is 3.05. The Morgan fingerprint density at radius 2 is 1.64 bits per heavy atom. The number of hydrogen-bond donors (Lipinski definition) is 0. The number of ether oxygens (including phenoxy) is 1. The van der Waals surface area contributed by atoms with Crippen molar-refractivity contribution in [1.29, 1.82) is 0 Å². The van der Waals surface area contributed by atoms with Gasteiger partial charge in [-0.25, -0.2) is 19.2 Å². The molecule has 6 nitrogen and oxygen atoms in total. The Bertz CT molecular complexity index is 811. The predicted octanol–water partition coefficient (Wildman–Crippen LogP) is 2.69. The molecule has 2 aromatic carbocycles. The Balaban J connectivity index is 1.68. The Morgan fingerprint density at radius 3 is 2.29 bits per heavy atom. The summed E-state index contributed by atoms with van der Waals surface area (Å²) >= 11 is 0. The van der Waals surface area contributed by atoms with E-state index in [1.165, 1.54) is 22.2 Å². The van der Waals surface area contributed by atoms with Gasteiger partial charge in [-0.15, -0.1) is 0 Å². The second-order valence-electron chi connectivity index (χ2n) is 7.02. The van der Waals surface area contributed by atoms with Gasteiger partial charge in [-0.05, 0) is 37.4 Å². The number of rotatable bonds is 5. The summed E-state index contributed by atoms with van der Waals surface area (Å²) < 4.78 is 18.5. The van der Waals surface area contributed by atoms with E-state index in [2.05, 4.69) is 0 Å². The standard InChI is InChI=1S/C21H24FN3O3/c1-23(2)19-13-24(20(26)12-16-8-10-18(22)11-9-16)25(14-19)21(27)28-15-17-6-4-3-5-7-17/h3-11,19H,12-15H2,1-2H3. The number of likely N-dealkylation sites (N-methyl/N-ethyl adjacent to an activating group) is 1. The van der Waals surface area contributed by atoms with Crippen molar-refractivity contribution in [2.75, 3.05) is 27.2 Å². The summed E-state index contributed by atoms with van der Waals surface area (Å²) in [5, 5.41) is 2.79. The highest BCUT2D eigenvalue weighted by Gasteiger charge is 2.38. The van der Waals surface area contributed by atoms with Crippen LogP contribution >= 0.6 is 0 Å². The molecule has 3 rings (SSSR count). The summed E-state index contributed by atoms with van der Waals surface area (Å²) in [6, 6.07) is 15.2. The van der Waals surface area contributed by atoms with Crippen molar-refractivity contribution in [2.24, 2.45) is 0 Å². The van der Waals surface area contributed by atoms with Crippen molar-refractivity contribution in [3.05, 3.63) is 71.5 Å². The molecule has 0 aliphatic carbocycles. The van der Waals surface area contributed by atoms with Crippen molar-refractivity contribution >= 4 is 12.0 Å². The van der Waals surface area contributed by atoms with E-state index in [1.54, 1.807) is 12.1 Å². The fourth-order valence-electron chi connectivity index (χ4n) is 3.05. The molecule has 0 saturated carbocycles. The van der Waals surface area contributed by atoms with Crippen molar-refractivity contribution in [3.8, 4) is 0 Å². The minimum atomic E-state index is -0.555. The molecule has 1 saturated heterocycles. The number of hydrazine groups is 1. The highest BCUT2D eigenvalue weighted by atomic mass is 19.1. The van der Waals surface area contributed by atoms with Crippen LogP contribution in [-0.4, -0.2) is 60.1 Å². The Hall–Kier alpha value is -2.93.